The molecule has 1 N–H and O–H groups in total. The Morgan fingerprint density at radius 1 is 0.947 bits per heavy atom. The molecular formula is C18H23N. The standard InChI is InChI=1S/C18H23N/c1-4-15-8-6-10-17(12-15)18-11-7-9-16(13-18)14(3)19-5-2/h6-14,19H,4-5H2,1-3H3. The SMILES string of the molecule is CCNC(C)c1cccc(-c2cccc(CC)c2)c1. The quantitative estimate of drug-likeness (QED) is 0.822. The van der Waals surface area contributed by atoms with Crippen molar-refractivity contribution in [2.45, 2.75) is 33.2 Å². The second kappa shape index (κ2) is 6.53. The molecule has 0 aromatic heterocycles. The van der Waals surface area contributed by atoms with Gasteiger partial charge in [-0.05, 0) is 48.2 Å². The summed E-state index contributed by atoms with van der Waals surface area (Å²) in [5.74, 6) is 0. The molecule has 0 aliphatic rings. The minimum absolute atomic E-state index is 0.402. The van der Waals surface area contributed by atoms with Gasteiger partial charge in [-0.15, -0.1) is 0 Å². The Bertz CT molecular complexity index is 531. The number of nitrogens with one attached hydrogen (secondary N) is 1. The number of aryl methyl sites for hydroxylation is 1. The van der Waals surface area contributed by atoms with E-state index in [0.717, 1.165) is 13.0 Å². The first-order valence-corrected chi connectivity index (χ1v) is 7.17. The molecule has 0 radical (unpaired) electrons. The highest BCUT2D eigenvalue weighted by Gasteiger charge is 2.05. The summed E-state index contributed by atoms with van der Waals surface area (Å²) in [7, 11) is 0. The Hall–Kier alpha value is -1.60. The Balaban J connectivity index is 2.31. The third-order valence-electron chi connectivity index (χ3n) is 3.57. The van der Waals surface area contributed by atoms with Gasteiger partial charge in [0.15, 0.2) is 0 Å². The molecular weight excluding hydrogens is 230 g/mol. The van der Waals surface area contributed by atoms with E-state index in [4.69, 9.17) is 0 Å². The lowest BCUT2D eigenvalue weighted by molar-refractivity contribution is 0.598. The van der Waals surface area contributed by atoms with Crippen LogP contribution in [0.1, 0.15) is 37.9 Å². The molecule has 2 aromatic carbocycles. The van der Waals surface area contributed by atoms with Crippen molar-refractivity contribution in [1.82, 2.24) is 5.32 Å². The van der Waals surface area contributed by atoms with E-state index >= 15 is 0 Å². The van der Waals surface area contributed by atoms with Gasteiger partial charge in [-0.2, -0.15) is 0 Å². The maximum atomic E-state index is 3.46. The zero-order valence-corrected chi connectivity index (χ0v) is 12.1. The number of hydrogen-bond acceptors (Lipinski definition) is 1. The second-order valence-electron chi connectivity index (χ2n) is 4.96. The molecule has 0 aliphatic heterocycles. The summed E-state index contributed by atoms with van der Waals surface area (Å²) in [6, 6.07) is 18.0. The lowest BCUT2D eigenvalue weighted by Crippen LogP contribution is -2.17. The third-order valence-corrected chi connectivity index (χ3v) is 3.57. The van der Waals surface area contributed by atoms with Gasteiger partial charge >= 0.3 is 0 Å². The van der Waals surface area contributed by atoms with Crippen LogP contribution in [0, 0.1) is 0 Å². The topological polar surface area (TPSA) is 12.0 Å². The van der Waals surface area contributed by atoms with Gasteiger partial charge in [0.1, 0.15) is 0 Å². The molecule has 1 atom stereocenters. The van der Waals surface area contributed by atoms with Crippen LogP contribution in [0.15, 0.2) is 48.5 Å². The first-order chi connectivity index (χ1) is 9.24. The maximum Gasteiger partial charge on any atom is 0.0291 e. The van der Waals surface area contributed by atoms with E-state index in [-0.39, 0.29) is 0 Å². The number of rotatable bonds is 5. The predicted octanol–water partition coefficient (Wildman–Crippen LogP) is 4.59. The van der Waals surface area contributed by atoms with E-state index in [9.17, 15) is 0 Å². The van der Waals surface area contributed by atoms with Crippen LogP contribution >= 0.6 is 0 Å². The minimum Gasteiger partial charge on any atom is -0.310 e. The van der Waals surface area contributed by atoms with E-state index < -0.39 is 0 Å². The van der Waals surface area contributed by atoms with Crippen molar-refractivity contribution in [3.63, 3.8) is 0 Å². The molecule has 0 saturated heterocycles. The van der Waals surface area contributed by atoms with Crippen LogP contribution in [0.2, 0.25) is 0 Å². The second-order valence-corrected chi connectivity index (χ2v) is 4.96. The van der Waals surface area contributed by atoms with Gasteiger partial charge in [0.2, 0.25) is 0 Å². The van der Waals surface area contributed by atoms with Crippen molar-refractivity contribution in [1.29, 1.82) is 0 Å². The lowest BCUT2D eigenvalue weighted by Gasteiger charge is -2.14. The number of hydrogen-bond donors (Lipinski definition) is 1. The van der Waals surface area contributed by atoms with Crippen LogP contribution in [0.25, 0.3) is 11.1 Å². The van der Waals surface area contributed by atoms with E-state index in [2.05, 4.69) is 74.6 Å². The Kier molecular flexibility index (Phi) is 4.75. The van der Waals surface area contributed by atoms with Crippen molar-refractivity contribution in [3.8, 4) is 11.1 Å². The van der Waals surface area contributed by atoms with Crippen molar-refractivity contribution < 1.29 is 0 Å². The highest BCUT2D eigenvalue weighted by Crippen LogP contribution is 2.24. The van der Waals surface area contributed by atoms with Gasteiger partial charge in [0, 0.05) is 6.04 Å². The highest BCUT2D eigenvalue weighted by molar-refractivity contribution is 5.65. The van der Waals surface area contributed by atoms with Crippen LogP contribution in [0.5, 0.6) is 0 Å². The maximum absolute atomic E-state index is 3.46. The van der Waals surface area contributed by atoms with Crippen LogP contribution in [-0.4, -0.2) is 6.54 Å². The normalized spacial score (nSPS) is 12.4. The smallest absolute Gasteiger partial charge is 0.0291 e. The van der Waals surface area contributed by atoms with E-state index in [0.29, 0.717) is 6.04 Å². The predicted molar refractivity (Wildman–Crippen MR) is 83.3 cm³/mol. The van der Waals surface area contributed by atoms with Gasteiger partial charge in [0.25, 0.3) is 0 Å². The van der Waals surface area contributed by atoms with E-state index in [1.807, 2.05) is 0 Å². The Morgan fingerprint density at radius 2 is 1.63 bits per heavy atom. The summed E-state index contributed by atoms with van der Waals surface area (Å²) in [5, 5.41) is 3.46. The van der Waals surface area contributed by atoms with Crippen molar-refractivity contribution in [2.75, 3.05) is 6.54 Å². The van der Waals surface area contributed by atoms with Crippen LogP contribution in [0.4, 0.5) is 0 Å². The minimum atomic E-state index is 0.402. The monoisotopic (exact) mass is 253 g/mol. The molecule has 1 unspecified atom stereocenters. The first kappa shape index (κ1) is 13.8. The summed E-state index contributed by atoms with van der Waals surface area (Å²) < 4.78 is 0. The number of benzene rings is 2. The lowest BCUT2D eigenvalue weighted by atomic mass is 9.98. The zero-order valence-electron chi connectivity index (χ0n) is 12.1. The molecule has 19 heavy (non-hydrogen) atoms. The van der Waals surface area contributed by atoms with Gasteiger partial charge in [0.05, 0.1) is 0 Å². The molecule has 1 nitrogen and oxygen atoms in total. The van der Waals surface area contributed by atoms with Gasteiger partial charge < -0.3 is 5.32 Å². The van der Waals surface area contributed by atoms with E-state index in [1.165, 1.54) is 22.3 Å². The molecule has 0 saturated carbocycles. The van der Waals surface area contributed by atoms with Crippen LogP contribution in [0.3, 0.4) is 0 Å². The van der Waals surface area contributed by atoms with Crippen molar-refractivity contribution >= 4 is 0 Å². The van der Waals surface area contributed by atoms with Crippen molar-refractivity contribution in [3.05, 3.63) is 59.7 Å². The van der Waals surface area contributed by atoms with E-state index in [1.54, 1.807) is 0 Å². The summed E-state index contributed by atoms with van der Waals surface area (Å²) in [6.45, 7) is 7.55. The van der Waals surface area contributed by atoms with Crippen molar-refractivity contribution in [2.24, 2.45) is 0 Å². The summed E-state index contributed by atoms with van der Waals surface area (Å²) >= 11 is 0. The summed E-state index contributed by atoms with van der Waals surface area (Å²) in [6.07, 6.45) is 1.08. The molecule has 0 amide bonds. The van der Waals surface area contributed by atoms with Crippen LogP contribution in [-0.2, 0) is 6.42 Å². The summed E-state index contributed by atoms with van der Waals surface area (Å²) in [5.41, 5.74) is 5.35. The fraction of sp³-hybridized carbons (Fsp3) is 0.333. The van der Waals surface area contributed by atoms with Gasteiger partial charge in [-0.25, -0.2) is 0 Å². The summed E-state index contributed by atoms with van der Waals surface area (Å²) in [4.78, 5) is 0. The average molecular weight is 253 g/mol. The fourth-order valence-electron chi connectivity index (χ4n) is 2.38. The fourth-order valence-corrected chi connectivity index (χ4v) is 2.38. The van der Waals surface area contributed by atoms with Crippen LogP contribution < -0.4 is 5.32 Å². The molecule has 0 heterocycles. The average Bonchev–Trinajstić information content (AvgIpc) is 2.48. The third kappa shape index (κ3) is 3.45. The molecule has 2 aromatic rings. The molecule has 0 spiro atoms. The molecule has 0 fully saturated rings. The highest BCUT2D eigenvalue weighted by atomic mass is 14.9. The Labute approximate surface area is 116 Å². The molecule has 0 bridgehead atoms. The Morgan fingerprint density at radius 3 is 2.32 bits per heavy atom. The first-order valence-electron chi connectivity index (χ1n) is 7.17. The zero-order chi connectivity index (χ0) is 13.7. The molecule has 0 aliphatic carbocycles. The van der Waals surface area contributed by atoms with Gasteiger partial charge in [-0.3, -0.25) is 0 Å². The molecule has 2 rings (SSSR count). The largest absolute Gasteiger partial charge is 0.310 e. The molecule has 1 heteroatoms. The van der Waals surface area contributed by atoms with Gasteiger partial charge in [-0.1, -0.05) is 56.3 Å². The molecule has 100 valence electrons.